The first-order chi connectivity index (χ1) is 18.5. The second kappa shape index (κ2) is 9.26. The van der Waals surface area contributed by atoms with E-state index in [2.05, 4.69) is 41.2 Å². The van der Waals surface area contributed by atoms with Gasteiger partial charge in [-0.2, -0.15) is 5.10 Å². The van der Waals surface area contributed by atoms with Crippen molar-refractivity contribution in [3.63, 3.8) is 0 Å². The minimum atomic E-state index is -0.489. The Balaban J connectivity index is 1.38. The van der Waals surface area contributed by atoms with Crippen LogP contribution in [0.25, 0.3) is 33.3 Å². The minimum Gasteiger partial charge on any atom is -0.444 e. The van der Waals surface area contributed by atoms with Crippen molar-refractivity contribution in [2.24, 2.45) is 12.5 Å². The SMILES string of the molecule is Cc1c(N2CCC3(CN(C(=O)OC(C)(C)C)C3)C2)nc2cc(-c3ccnn3C)ccc2c1-c1ccccc1Cl. The van der Waals surface area contributed by atoms with E-state index in [9.17, 15) is 4.79 Å². The van der Waals surface area contributed by atoms with Crippen molar-refractivity contribution in [3.8, 4) is 22.4 Å². The molecule has 4 aromatic rings. The molecule has 0 atom stereocenters. The number of aromatic nitrogens is 3. The first-order valence-electron chi connectivity index (χ1n) is 13.4. The van der Waals surface area contributed by atoms with Gasteiger partial charge in [-0.25, -0.2) is 9.78 Å². The van der Waals surface area contributed by atoms with Crippen LogP contribution in [0.4, 0.5) is 10.6 Å². The number of aryl methyl sites for hydroxylation is 1. The van der Waals surface area contributed by atoms with Crippen LogP contribution < -0.4 is 4.90 Å². The number of hydrogen-bond acceptors (Lipinski definition) is 5. The first kappa shape index (κ1) is 25.7. The van der Waals surface area contributed by atoms with Crippen molar-refractivity contribution in [1.29, 1.82) is 0 Å². The Morgan fingerprint density at radius 2 is 1.85 bits per heavy atom. The highest BCUT2D eigenvalue weighted by atomic mass is 35.5. The van der Waals surface area contributed by atoms with Crippen molar-refractivity contribution >= 4 is 34.4 Å². The van der Waals surface area contributed by atoms with Crippen LogP contribution in [0.5, 0.6) is 0 Å². The number of carbonyl (C=O) groups is 1. The molecule has 0 bridgehead atoms. The number of carbonyl (C=O) groups excluding carboxylic acids is 1. The van der Waals surface area contributed by atoms with E-state index in [-0.39, 0.29) is 11.5 Å². The third-order valence-corrected chi connectivity index (χ3v) is 8.24. The van der Waals surface area contributed by atoms with Gasteiger partial charge in [-0.05, 0) is 57.9 Å². The van der Waals surface area contributed by atoms with E-state index < -0.39 is 5.60 Å². The summed E-state index contributed by atoms with van der Waals surface area (Å²) in [4.78, 5) is 22.0. The summed E-state index contributed by atoms with van der Waals surface area (Å²) in [7, 11) is 1.95. The molecule has 0 N–H and O–H groups in total. The highest BCUT2D eigenvalue weighted by Gasteiger charge is 2.50. The number of halogens is 1. The predicted molar refractivity (Wildman–Crippen MR) is 156 cm³/mol. The van der Waals surface area contributed by atoms with Crippen LogP contribution in [0, 0.1) is 12.3 Å². The number of nitrogens with zero attached hydrogens (tertiary/aromatic N) is 5. The Morgan fingerprint density at radius 3 is 2.54 bits per heavy atom. The topological polar surface area (TPSA) is 63.5 Å². The lowest BCUT2D eigenvalue weighted by Gasteiger charge is -2.47. The van der Waals surface area contributed by atoms with Gasteiger partial charge in [0, 0.05) is 71.9 Å². The van der Waals surface area contributed by atoms with Gasteiger partial charge in [-0.3, -0.25) is 4.68 Å². The van der Waals surface area contributed by atoms with Crippen LogP contribution in [-0.4, -0.2) is 57.5 Å². The number of likely N-dealkylation sites (tertiary alicyclic amines) is 1. The third-order valence-electron chi connectivity index (χ3n) is 7.91. The lowest BCUT2D eigenvalue weighted by Crippen LogP contribution is -2.60. The lowest BCUT2D eigenvalue weighted by molar-refractivity contribution is -0.0266. The van der Waals surface area contributed by atoms with Crippen molar-refractivity contribution in [3.05, 3.63) is 65.3 Å². The fourth-order valence-electron chi connectivity index (χ4n) is 6.08. The van der Waals surface area contributed by atoms with Crippen molar-refractivity contribution in [2.75, 3.05) is 31.1 Å². The van der Waals surface area contributed by atoms with Crippen LogP contribution >= 0.6 is 11.6 Å². The molecule has 0 saturated carbocycles. The smallest absolute Gasteiger partial charge is 0.410 e. The molecule has 0 aliphatic carbocycles. The maximum atomic E-state index is 12.6. The molecule has 2 fully saturated rings. The lowest BCUT2D eigenvalue weighted by atomic mass is 9.79. The summed E-state index contributed by atoms with van der Waals surface area (Å²) >= 11 is 6.75. The minimum absolute atomic E-state index is 0.0705. The van der Waals surface area contributed by atoms with E-state index in [0.717, 1.165) is 69.2 Å². The molecule has 39 heavy (non-hydrogen) atoms. The van der Waals surface area contributed by atoms with Crippen LogP contribution in [0.1, 0.15) is 32.8 Å². The molecule has 0 radical (unpaired) electrons. The molecule has 1 amide bonds. The summed E-state index contributed by atoms with van der Waals surface area (Å²) in [5.41, 5.74) is 5.85. The molecule has 2 aromatic heterocycles. The summed E-state index contributed by atoms with van der Waals surface area (Å²) in [5, 5.41) is 6.14. The molecule has 8 heteroatoms. The summed E-state index contributed by atoms with van der Waals surface area (Å²) in [5.74, 6) is 0.979. The van der Waals surface area contributed by atoms with Gasteiger partial charge in [0.25, 0.3) is 0 Å². The molecule has 6 rings (SSSR count). The van der Waals surface area contributed by atoms with Gasteiger partial charge in [0.05, 0.1) is 11.2 Å². The van der Waals surface area contributed by atoms with Crippen molar-refractivity contribution in [2.45, 2.75) is 39.7 Å². The summed E-state index contributed by atoms with van der Waals surface area (Å²) < 4.78 is 7.47. The maximum absolute atomic E-state index is 12.6. The van der Waals surface area contributed by atoms with Crippen LogP contribution in [0.15, 0.2) is 54.7 Å². The zero-order chi connectivity index (χ0) is 27.5. The highest BCUT2D eigenvalue weighted by Crippen LogP contribution is 2.45. The van der Waals surface area contributed by atoms with E-state index in [1.54, 1.807) is 0 Å². The average molecular weight is 544 g/mol. The molecule has 7 nitrogen and oxygen atoms in total. The van der Waals surface area contributed by atoms with E-state index in [4.69, 9.17) is 21.3 Å². The second-order valence-electron chi connectivity index (χ2n) is 12.0. The fraction of sp³-hybridized carbons (Fsp3) is 0.387. The molecule has 0 unspecified atom stereocenters. The largest absolute Gasteiger partial charge is 0.444 e. The van der Waals surface area contributed by atoms with Crippen molar-refractivity contribution in [1.82, 2.24) is 19.7 Å². The quantitative estimate of drug-likeness (QED) is 0.287. The van der Waals surface area contributed by atoms with E-state index in [1.807, 2.05) is 67.9 Å². The number of rotatable bonds is 3. The van der Waals surface area contributed by atoms with Gasteiger partial charge in [0.2, 0.25) is 0 Å². The summed E-state index contributed by atoms with van der Waals surface area (Å²) in [6, 6.07) is 16.5. The van der Waals surface area contributed by atoms with Gasteiger partial charge in [0.15, 0.2) is 0 Å². The van der Waals surface area contributed by atoms with Gasteiger partial charge in [-0.1, -0.05) is 41.9 Å². The van der Waals surface area contributed by atoms with Gasteiger partial charge < -0.3 is 14.5 Å². The number of amides is 1. The van der Waals surface area contributed by atoms with Crippen LogP contribution in [-0.2, 0) is 11.8 Å². The highest BCUT2D eigenvalue weighted by molar-refractivity contribution is 6.33. The second-order valence-corrected chi connectivity index (χ2v) is 12.4. The fourth-order valence-corrected chi connectivity index (χ4v) is 6.31. The van der Waals surface area contributed by atoms with E-state index in [1.165, 1.54) is 0 Å². The Labute approximate surface area is 234 Å². The predicted octanol–water partition coefficient (Wildman–Crippen LogP) is 6.71. The van der Waals surface area contributed by atoms with E-state index >= 15 is 0 Å². The average Bonchev–Trinajstić information content (AvgIpc) is 3.49. The number of benzene rings is 2. The zero-order valence-corrected chi connectivity index (χ0v) is 23.9. The van der Waals surface area contributed by atoms with Crippen LogP contribution in [0.3, 0.4) is 0 Å². The zero-order valence-electron chi connectivity index (χ0n) is 23.2. The summed E-state index contributed by atoms with van der Waals surface area (Å²) in [6.45, 7) is 11.0. The molecule has 2 aromatic carbocycles. The number of fused-ring (bicyclic) bond motifs is 1. The Hall–Kier alpha value is -3.58. The molecule has 2 aliphatic heterocycles. The standard InChI is InChI=1S/C31H34ClN5O2/c1-20-27(22-8-6-7-9-24(22)32)23-11-10-21(26-12-14-33-35(26)5)16-25(23)34-28(20)36-15-13-31(17-36)18-37(19-31)29(38)39-30(2,3)4/h6-12,14,16H,13,15,17-19H2,1-5H3. The van der Waals surface area contributed by atoms with Gasteiger partial charge in [0.1, 0.15) is 11.4 Å². The Morgan fingerprint density at radius 1 is 1.08 bits per heavy atom. The molecule has 4 heterocycles. The van der Waals surface area contributed by atoms with E-state index in [0.29, 0.717) is 13.1 Å². The normalized spacial score (nSPS) is 16.7. The van der Waals surface area contributed by atoms with Crippen LogP contribution in [0.2, 0.25) is 5.02 Å². The number of pyridine rings is 1. The number of hydrogen-bond donors (Lipinski definition) is 0. The molecular formula is C31H34ClN5O2. The molecule has 2 aliphatic rings. The van der Waals surface area contributed by atoms with Gasteiger partial charge >= 0.3 is 6.09 Å². The molecule has 2 saturated heterocycles. The molecule has 202 valence electrons. The number of anilines is 1. The maximum Gasteiger partial charge on any atom is 0.410 e. The monoisotopic (exact) mass is 543 g/mol. The van der Waals surface area contributed by atoms with Crippen molar-refractivity contribution < 1.29 is 9.53 Å². The third kappa shape index (κ3) is 4.63. The summed E-state index contributed by atoms with van der Waals surface area (Å²) in [6.07, 6.45) is 2.60. The first-order valence-corrected chi connectivity index (χ1v) is 13.8. The number of ether oxygens (including phenoxy) is 1. The molecule has 1 spiro atoms. The Bertz CT molecular complexity index is 1580. The molecular weight excluding hydrogens is 510 g/mol. The van der Waals surface area contributed by atoms with Gasteiger partial charge in [-0.15, -0.1) is 0 Å². The Kier molecular flexibility index (Phi) is 6.10.